The van der Waals surface area contributed by atoms with Crippen LogP contribution in [-0.2, 0) is 5.41 Å². The first-order valence-corrected chi connectivity index (χ1v) is 18.7. The standard InChI is InChI=1S/C49H33NOS/c1-49(2)39-18-7-5-14-37(39)45-33(16-9-19-40(45)49)31-24-27-32(28-25-31)50(41-20-11-23-44-46(41)38-15-6-8-22-43(38)52-44)42-21-10-17-35-36-29-26-30-12-3-4-13-34(30)47(36)51-48(35)42/h3-29H,1-2H3. The van der Waals surface area contributed by atoms with Crippen LogP contribution in [0.5, 0.6) is 0 Å². The second kappa shape index (κ2) is 10.9. The number of rotatable bonds is 4. The van der Waals surface area contributed by atoms with Crippen molar-refractivity contribution < 1.29 is 4.42 Å². The van der Waals surface area contributed by atoms with Crippen LogP contribution in [0.2, 0.25) is 0 Å². The van der Waals surface area contributed by atoms with Crippen molar-refractivity contribution in [1.82, 2.24) is 0 Å². The summed E-state index contributed by atoms with van der Waals surface area (Å²) in [6.45, 7) is 4.69. The lowest BCUT2D eigenvalue weighted by Gasteiger charge is -2.27. The van der Waals surface area contributed by atoms with Gasteiger partial charge >= 0.3 is 0 Å². The summed E-state index contributed by atoms with van der Waals surface area (Å²) in [6.07, 6.45) is 0. The largest absolute Gasteiger partial charge is 0.453 e. The van der Waals surface area contributed by atoms with Crippen molar-refractivity contribution in [3.05, 3.63) is 175 Å². The number of hydrogen-bond acceptors (Lipinski definition) is 3. The summed E-state index contributed by atoms with van der Waals surface area (Å²) in [6, 6.07) is 59.8. The summed E-state index contributed by atoms with van der Waals surface area (Å²) in [4.78, 5) is 2.41. The average Bonchev–Trinajstić information content (AvgIpc) is 3.84. The van der Waals surface area contributed by atoms with Crippen LogP contribution >= 0.6 is 11.3 Å². The van der Waals surface area contributed by atoms with Crippen molar-refractivity contribution in [1.29, 1.82) is 0 Å². The first-order chi connectivity index (χ1) is 25.6. The Morgan fingerprint density at radius 2 is 1.13 bits per heavy atom. The van der Waals surface area contributed by atoms with Crippen molar-refractivity contribution in [2.24, 2.45) is 0 Å². The minimum absolute atomic E-state index is 0.0444. The normalized spacial score (nSPS) is 13.3. The lowest BCUT2D eigenvalue weighted by atomic mass is 9.82. The van der Waals surface area contributed by atoms with E-state index in [4.69, 9.17) is 4.42 Å². The van der Waals surface area contributed by atoms with Gasteiger partial charge in [-0.1, -0.05) is 135 Å². The second-order valence-corrected chi connectivity index (χ2v) is 15.5. The maximum Gasteiger partial charge on any atom is 0.159 e. The summed E-state index contributed by atoms with van der Waals surface area (Å²) in [5.74, 6) is 0. The first kappa shape index (κ1) is 29.6. The molecule has 0 bridgehead atoms. The highest BCUT2D eigenvalue weighted by molar-refractivity contribution is 7.26. The number of thiophene rings is 1. The highest BCUT2D eigenvalue weighted by atomic mass is 32.1. The van der Waals surface area contributed by atoms with Gasteiger partial charge < -0.3 is 9.32 Å². The Morgan fingerprint density at radius 1 is 0.481 bits per heavy atom. The van der Waals surface area contributed by atoms with E-state index in [2.05, 4.69) is 183 Å². The minimum atomic E-state index is -0.0444. The molecule has 0 saturated heterocycles. The molecule has 246 valence electrons. The Balaban J connectivity index is 1.15. The van der Waals surface area contributed by atoms with Crippen LogP contribution in [0.1, 0.15) is 25.0 Å². The fourth-order valence-electron chi connectivity index (χ4n) is 8.82. The third-order valence-corrected chi connectivity index (χ3v) is 12.4. The van der Waals surface area contributed by atoms with E-state index in [9.17, 15) is 0 Å². The van der Waals surface area contributed by atoms with Gasteiger partial charge in [-0.15, -0.1) is 11.3 Å². The molecule has 2 nitrogen and oxygen atoms in total. The Morgan fingerprint density at radius 3 is 2.04 bits per heavy atom. The van der Waals surface area contributed by atoms with Gasteiger partial charge in [-0.05, 0) is 81.2 Å². The highest BCUT2D eigenvalue weighted by Crippen LogP contribution is 2.53. The molecular formula is C49H33NOS. The van der Waals surface area contributed by atoms with Gasteiger partial charge in [0, 0.05) is 47.4 Å². The quantitative estimate of drug-likeness (QED) is 0.184. The Labute approximate surface area is 305 Å². The highest BCUT2D eigenvalue weighted by Gasteiger charge is 2.36. The number of para-hydroxylation sites is 1. The van der Waals surface area contributed by atoms with E-state index >= 15 is 0 Å². The molecule has 0 spiro atoms. The monoisotopic (exact) mass is 683 g/mol. The van der Waals surface area contributed by atoms with E-state index in [1.165, 1.54) is 58.9 Å². The van der Waals surface area contributed by atoms with E-state index < -0.39 is 0 Å². The number of furan rings is 1. The average molecular weight is 684 g/mol. The van der Waals surface area contributed by atoms with Crippen LogP contribution in [0.4, 0.5) is 17.1 Å². The molecule has 1 aliphatic carbocycles. The summed E-state index contributed by atoms with van der Waals surface area (Å²) in [5, 5.41) is 7.07. The summed E-state index contributed by atoms with van der Waals surface area (Å²) in [5.41, 5.74) is 12.9. The van der Waals surface area contributed by atoms with Crippen molar-refractivity contribution in [2.45, 2.75) is 19.3 Å². The van der Waals surface area contributed by atoms with E-state index in [1.807, 2.05) is 11.3 Å². The summed E-state index contributed by atoms with van der Waals surface area (Å²) in [7, 11) is 0. The minimum Gasteiger partial charge on any atom is -0.453 e. The van der Waals surface area contributed by atoms with Crippen LogP contribution in [0.3, 0.4) is 0 Å². The Kier molecular flexibility index (Phi) is 6.21. The summed E-state index contributed by atoms with van der Waals surface area (Å²) < 4.78 is 9.51. The fourth-order valence-corrected chi connectivity index (χ4v) is 9.95. The molecule has 2 heterocycles. The molecule has 0 amide bonds. The lowest BCUT2D eigenvalue weighted by molar-refractivity contribution is 0.660. The Bertz CT molecular complexity index is 3050. The molecule has 52 heavy (non-hydrogen) atoms. The van der Waals surface area contributed by atoms with E-state index in [0.29, 0.717) is 0 Å². The third kappa shape index (κ3) is 4.11. The van der Waals surface area contributed by atoms with Crippen LogP contribution < -0.4 is 4.90 Å². The first-order valence-electron chi connectivity index (χ1n) is 17.9. The maximum atomic E-state index is 6.96. The zero-order valence-corrected chi connectivity index (χ0v) is 29.7. The van der Waals surface area contributed by atoms with E-state index in [-0.39, 0.29) is 5.41 Å². The second-order valence-electron chi connectivity index (χ2n) is 14.4. The van der Waals surface area contributed by atoms with Crippen molar-refractivity contribution in [3.63, 3.8) is 0 Å². The molecule has 0 saturated carbocycles. The number of anilines is 3. The van der Waals surface area contributed by atoms with Gasteiger partial charge in [0.2, 0.25) is 0 Å². The molecular weight excluding hydrogens is 651 g/mol. The van der Waals surface area contributed by atoms with Crippen LogP contribution in [-0.4, -0.2) is 0 Å². The van der Waals surface area contributed by atoms with Gasteiger partial charge in [0.15, 0.2) is 5.58 Å². The van der Waals surface area contributed by atoms with E-state index in [1.54, 1.807) is 0 Å². The van der Waals surface area contributed by atoms with Crippen molar-refractivity contribution in [2.75, 3.05) is 4.90 Å². The topological polar surface area (TPSA) is 16.4 Å². The molecule has 0 aliphatic heterocycles. The predicted octanol–water partition coefficient (Wildman–Crippen LogP) is 14.6. The van der Waals surface area contributed by atoms with Crippen molar-refractivity contribution >= 4 is 81.3 Å². The zero-order chi connectivity index (χ0) is 34.6. The van der Waals surface area contributed by atoms with Gasteiger partial charge in [-0.3, -0.25) is 0 Å². The Hall–Kier alpha value is -6.16. The van der Waals surface area contributed by atoms with Gasteiger partial charge in [0.05, 0.1) is 11.4 Å². The van der Waals surface area contributed by atoms with Gasteiger partial charge in [-0.25, -0.2) is 0 Å². The molecule has 11 rings (SSSR count). The molecule has 0 fully saturated rings. The number of benzene rings is 8. The van der Waals surface area contributed by atoms with Crippen LogP contribution in [0.25, 0.3) is 75.1 Å². The third-order valence-electron chi connectivity index (χ3n) is 11.3. The molecule has 8 aromatic carbocycles. The number of fused-ring (bicyclic) bond motifs is 11. The molecule has 2 aromatic heterocycles. The smallest absolute Gasteiger partial charge is 0.159 e. The molecule has 0 N–H and O–H groups in total. The van der Waals surface area contributed by atoms with E-state index in [0.717, 1.165) is 44.4 Å². The summed E-state index contributed by atoms with van der Waals surface area (Å²) >= 11 is 1.85. The van der Waals surface area contributed by atoms with Crippen LogP contribution in [0.15, 0.2) is 168 Å². The SMILES string of the molecule is CC1(C)c2ccccc2-c2c(-c3ccc(N(c4cccc5c4oc4c6ccccc6ccc54)c4cccc5sc6ccccc6c45)cc3)cccc21. The molecule has 1 aliphatic rings. The predicted molar refractivity (Wildman–Crippen MR) is 222 cm³/mol. The molecule has 3 heteroatoms. The maximum absolute atomic E-state index is 6.96. The fraction of sp³-hybridized carbons (Fsp3) is 0.0612. The van der Waals surface area contributed by atoms with Gasteiger partial charge in [-0.2, -0.15) is 0 Å². The van der Waals surface area contributed by atoms with Crippen LogP contribution in [0, 0.1) is 0 Å². The van der Waals surface area contributed by atoms with Gasteiger partial charge in [0.25, 0.3) is 0 Å². The molecule has 10 aromatic rings. The van der Waals surface area contributed by atoms with Crippen molar-refractivity contribution in [3.8, 4) is 22.3 Å². The lowest BCUT2D eigenvalue weighted by Crippen LogP contribution is -2.14. The number of hydrogen-bond donors (Lipinski definition) is 0. The molecule has 0 atom stereocenters. The number of nitrogens with zero attached hydrogens (tertiary/aromatic N) is 1. The molecule has 0 radical (unpaired) electrons. The molecule has 0 unspecified atom stereocenters. The zero-order valence-electron chi connectivity index (χ0n) is 28.9. The van der Waals surface area contributed by atoms with Gasteiger partial charge in [0.1, 0.15) is 5.58 Å².